The summed E-state index contributed by atoms with van der Waals surface area (Å²) in [6.07, 6.45) is 1.39. The molecule has 2 nitrogen and oxygen atoms in total. The number of hydrogen-bond acceptors (Lipinski definition) is 3. The third kappa shape index (κ3) is 2.47. The molecule has 0 saturated carbocycles. The molecular weight excluding hydrogens is 222 g/mol. The molecule has 82 valence electrons. The van der Waals surface area contributed by atoms with Gasteiger partial charge in [0.25, 0.3) is 0 Å². The first-order valence-corrected chi connectivity index (χ1v) is 5.34. The summed E-state index contributed by atoms with van der Waals surface area (Å²) in [6, 6.07) is 4.35. The third-order valence-electron chi connectivity index (χ3n) is 1.91. The molecule has 0 spiro atoms. The van der Waals surface area contributed by atoms with Crippen molar-refractivity contribution in [3.63, 3.8) is 0 Å². The number of ether oxygens (including phenoxy) is 1. The summed E-state index contributed by atoms with van der Waals surface area (Å²) < 4.78 is 31.2. The molecule has 0 aliphatic carbocycles. The average Bonchev–Trinajstić information content (AvgIpc) is 2.28. The average molecular weight is 232 g/mol. The summed E-state index contributed by atoms with van der Waals surface area (Å²) in [5.74, 6) is -3.48. The first-order valence-electron chi connectivity index (χ1n) is 4.12. The number of benzene rings is 1. The van der Waals surface area contributed by atoms with Crippen LogP contribution in [-0.4, -0.2) is 19.7 Å². The van der Waals surface area contributed by atoms with Crippen molar-refractivity contribution in [2.45, 2.75) is 10.8 Å². The number of alkyl halides is 2. The van der Waals surface area contributed by atoms with Crippen LogP contribution in [0.15, 0.2) is 23.1 Å². The predicted molar refractivity (Wildman–Crippen MR) is 54.7 cm³/mol. The molecule has 0 amide bonds. The topological polar surface area (TPSA) is 26.3 Å². The summed E-state index contributed by atoms with van der Waals surface area (Å²) in [7, 11) is 1.29. The Kier molecular flexibility index (Phi) is 3.68. The van der Waals surface area contributed by atoms with Crippen LogP contribution in [0.4, 0.5) is 8.78 Å². The molecule has 0 N–H and O–H groups in total. The Labute approximate surface area is 90.6 Å². The maximum absolute atomic E-state index is 13.2. The lowest BCUT2D eigenvalue weighted by molar-refractivity contribution is -0.130. The zero-order valence-corrected chi connectivity index (χ0v) is 9.11. The van der Waals surface area contributed by atoms with E-state index in [-0.39, 0.29) is 12.0 Å². The van der Waals surface area contributed by atoms with Crippen molar-refractivity contribution >= 4 is 18.0 Å². The van der Waals surface area contributed by atoms with E-state index in [1.807, 2.05) is 0 Å². The Balaban J connectivity index is 3.29. The van der Waals surface area contributed by atoms with Gasteiger partial charge >= 0.3 is 5.92 Å². The second-order valence-corrected chi connectivity index (χ2v) is 3.69. The Hall–Kier alpha value is -1.10. The lowest BCUT2D eigenvalue weighted by Crippen LogP contribution is -2.16. The summed E-state index contributed by atoms with van der Waals surface area (Å²) >= 11 is 1.32. The fourth-order valence-corrected chi connectivity index (χ4v) is 1.58. The molecule has 0 saturated heterocycles. The van der Waals surface area contributed by atoms with Crippen molar-refractivity contribution in [3.8, 4) is 5.75 Å². The first kappa shape index (κ1) is 12.0. The summed E-state index contributed by atoms with van der Waals surface area (Å²) in [5.41, 5.74) is -0.396. The van der Waals surface area contributed by atoms with Crippen molar-refractivity contribution in [2.24, 2.45) is 0 Å². The fourth-order valence-electron chi connectivity index (χ4n) is 1.14. The molecule has 5 heteroatoms. The molecule has 1 aromatic rings. The number of carbonyl (C=O) groups is 1. The Morgan fingerprint density at radius 2 is 2.13 bits per heavy atom. The third-order valence-corrected chi connectivity index (χ3v) is 2.64. The Morgan fingerprint density at radius 3 is 2.60 bits per heavy atom. The summed E-state index contributed by atoms with van der Waals surface area (Å²) in [6.45, 7) is 0. The molecular formula is C10H10F2O2S. The van der Waals surface area contributed by atoms with Gasteiger partial charge in [0, 0.05) is 4.90 Å². The molecule has 0 aromatic heterocycles. The van der Waals surface area contributed by atoms with E-state index in [0.717, 1.165) is 0 Å². The molecule has 1 rings (SSSR count). The van der Waals surface area contributed by atoms with Crippen molar-refractivity contribution in [1.82, 2.24) is 0 Å². The number of aldehydes is 1. The van der Waals surface area contributed by atoms with Crippen LogP contribution in [-0.2, 0) is 10.7 Å². The van der Waals surface area contributed by atoms with Crippen molar-refractivity contribution in [2.75, 3.05) is 13.4 Å². The number of methoxy groups -OCH3 is 1. The van der Waals surface area contributed by atoms with Gasteiger partial charge in [-0.3, -0.25) is 4.79 Å². The molecule has 0 bridgehead atoms. The number of thioether (sulfide) groups is 1. The second-order valence-electron chi connectivity index (χ2n) is 2.81. The highest BCUT2D eigenvalue weighted by Crippen LogP contribution is 2.35. The van der Waals surface area contributed by atoms with Crippen LogP contribution in [0.2, 0.25) is 0 Å². The van der Waals surface area contributed by atoms with Gasteiger partial charge in [-0.15, -0.1) is 11.8 Å². The first-order chi connectivity index (χ1) is 7.05. The van der Waals surface area contributed by atoms with E-state index in [2.05, 4.69) is 0 Å². The van der Waals surface area contributed by atoms with Gasteiger partial charge in [0.2, 0.25) is 0 Å². The lowest BCUT2D eigenvalue weighted by Gasteiger charge is -2.14. The summed E-state index contributed by atoms with van der Waals surface area (Å²) in [4.78, 5) is 10.9. The monoisotopic (exact) mass is 232 g/mol. The highest BCUT2D eigenvalue weighted by Gasteiger charge is 2.34. The van der Waals surface area contributed by atoms with E-state index in [0.29, 0.717) is 4.90 Å². The van der Waals surface area contributed by atoms with Gasteiger partial charge in [0.05, 0.1) is 12.7 Å². The maximum atomic E-state index is 13.2. The molecule has 0 aliphatic heterocycles. The summed E-state index contributed by atoms with van der Waals surface area (Å²) in [5, 5.41) is 0. The SMILES string of the molecule is COc1ccc(SC)cc1C(F)(F)C=O. The minimum atomic E-state index is -3.50. The molecule has 0 unspecified atom stereocenters. The molecule has 0 atom stereocenters. The van der Waals surface area contributed by atoms with Gasteiger partial charge in [0.15, 0.2) is 6.29 Å². The minimum absolute atomic E-state index is 0.0184. The molecule has 15 heavy (non-hydrogen) atoms. The highest BCUT2D eigenvalue weighted by molar-refractivity contribution is 7.98. The lowest BCUT2D eigenvalue weighted by atomic mass is 10.1. The van der Waals surface area contributed by atoms with Crippen LogP contribution in [0.3, 0.4) is 0 Å². The van der Waals surface area contributed by atoms with Gasteiger partial charge in [-0.2, -0.15) is 8.78 Å². The van der Waals surface area contributed by atoms with Crippen LogP contribution >= 0.6 is 11.8 Å². The standard InChI is InChI=1S/C10H10F2O2S/c1-14-9-4-3-7(15-2)5-8(9)10(11,12)6-13/h3-6H,1-2H3. The maximum Gasteiger partial charge on any atom is 0.331 e. The van der Waals surface area contributed by atoms with Gasteiger partial charge in [-0.05, 0) is 24.5 Å². The van der Waals surface area contributed by atoms with Crippen LogP contribution in [0, 0.1) is 0 Å². The van der Waals surface area contributed by atoms with Gasteiger partial charge in [0.1, 0.15) is 5.75 Å². The van der Waals surface area contributed by atoms with Crippen LogP contribution in [0.1, 0.15) is 5.56 Å². The van der Waals surface area contributed by atoms with Crippen molar-refractivity contribution < 1.29 is 18.3 Å². The predicted octanol–water partition coefficient (Wildman–Crippen LogP) is 2.71. The van der Waals surface area contributed by atoms with Crippen LogP contribution in [0.25, 0.3) is 0 Å². The smallest absolute Gasteiger partial charge is 0.331 e. The van der Waals surface area contributed by atoms with Crippen LogP contribution < -0.4 is 4.74 Å². The number of rotatable bonds is 4. The largest absolute Gasteiger partial charge is 0.496 e. The molecule has 0 heterocycles. The molecule has 0 fully saturated rings. The van der Waals surface area contributed by atoms with Gasteiger partial charge < -0.3 is 4.74 Å². The van der Waals surface area contributed by atoms with Crippen molar-refractivity contribution in [3.05, 3.63) is 23.8 Å². The fraction of sp³-hybridized carbons (Fsp3) is 0.300. The quantitative estimate of drug-likeness (QED) is 0.589. The molecule has 0 aliphatic rings. The minimum Gasteiger partial charge on any atom is -0.496 e. The normalized spacial score (nSPS) is 11.2. The number of carbonyl (C=O) groups excluding carboxylic acids is 1. The van der Waals surface area contributed by atoms with E-state index in [9.17, 15) is 13.6 Å². The van der Waals surface area contributed by atoms with Crippen molar-refractivity contribution in [1.29, 1.82) is 0 Å². The zero-order chi connectivity index (χ0) is 11.5. The van der Waals surface area contributed by atoms with E-state index in [4.69, 9.17) is 4.74 Å². The van der Waals surface area contributed by atoms with E-state index < -0.39 is 11.5 Å². The van der Waals surface area contributed by atoms with E-state index in [1.54, 1.807) is 12.3 Å². The number of halogens is 2. The second kappa shape index (κ2) is 4.61. The highest BCUT2D eigenvalue weighted by atomic mass is 32.2. The zero-order valence-electron chi connectivity index (χ0n) is 8.29. The van der Waals surface area contributed by atoms with Gasteiger partial charge in [-0.1, -0.05) is 0 Å². The number of hydrogen-bond donors (Lipinski definition) is 0. The van der Waals surface area contributed by atoms with Crippen LogP contribution in [0.5, 0.6) is 5.75 Å². The molecule has 0 radical (unpaired) electrons. The van der Waals surface area contributed by atoms with Gasteiger partial charge in [-0.25, -0.2) is 0 Å². The Morgan fingerprint density at radius 1 is 1.47 bits per heavy atom. The molecule has 1 aromatic carbocycles. The van der Waals surface area contributed by atoms with E-state index >= 15 is 0 Å². The Bertz CT molecular complexity index is 366. The van der Waals surface area contributed by atoms with E-state index in [1.165, 1.54) is 31.0 Å².